The molecule has 2 rings (SSSR count). The fourth-order valence-corrected chi connectivity index (χ4v) is 2.15. The third-order valence-corrected chi connectivity index (χ3v) is 3.59. The normalized spacial score (nSPS) is 12.0. The van der Waals surface area contributed by atoms with Gasteiger partial charge in [0.05, 0.1) is 30.5 Å². The van der Waals surface area contributed by atoms with Gasteiger partial charge in [0.15, 0.2) is 17.3 Å². The van der Waals surface area contributed by atoms with Crippen molar-refractivity contribution < 1.29 is 22.6 Å². The number of hydrogen-bond donors (Lipinski definition) is 1. The number of rotatable bonds is 5. The third-order valence-electron chi connectivity index (χ3n) is 3.30. The lowest BCUT2D eigenvalue weighted by molar-refractivity contribution is -0.137. The summed E-state index contributed by atoms with van der Waals surface area (Å²) in [6, 6.07) is 6.00. The largest absolute Gasteiger partial charge is 0.493 e. The van der Waals surface area contributed by atoms with Gasteiger partial charge in [-0.1, -0.05) is 11.6 Å². The van der Waals surface area contributed by atoms with E-state index in [1.165, 1.54) is 14.2 Å². The van der Waals surface area contributed by atoms with Crippen molar-refractivity contribution in [2.45, 2.75) is 13.1 Å². The van der Waals surface area contributed by atoms with Gasteiger partial charge in [-0.3, -0.25) is 5.43 Å². The van der Waals surface area contributed by atoms with Crippen molar-refractivity contribution in [2.75, 3.05) is 19.6 Å². The second-order valence-corrected chi connectivity index (χ2v) is 5.34. The fraction of sp³-hybridized carbons (Fsp3) is 0.250. The number of alkyl halides is 3. The molecule has 2 aromatic rings. The van der Waals surface area contributed by atoms with Gasteiger partial charge in [-0.25, -0.2) is 4.98 Å². The van der Waals surface area contributed by atoms with Crippen molar-refractivity contribution in [3.8, 4) is 11.5 Å². The van der Waals surface area contributed by atoms with Crippen LogP contribution < -0.4 is 14.9 Å². The molecule has 1 N–H and O–H groups in total. The second-order valence-electron chi connectivity index (χ2n) is 4.93. The Morgan fingerprint density at radius 3 is 2.40 bits per heavy atom. The number of hydrogen-bond acceptors (Lipinski definition) is 5. The molecule has 1 aromatic heterocycles. The number of nitrogens with one attached hydrogen (secondary N) is 1. The van der Waals surface area contributed by atoms with E-state index in [2.05, 4.69) is 15.5 Å². The highest BCUT2D eigenvalue weighted by Gasteiger charge is 2.31. The standard InChI is InChI=1S/C16H15ClF3N3O2/c1-9(10-4-5-13(24-2)14(6-10)25-3)22-23-15-12(17)7-11(8-21-15)16(18,19)20/h4-8H,1-3H3,(H,21,23)/b22-9-. The average molecular weight is 374 g/mol. The van der Waals surface area contributed by atoms with Crippen LogP contribution in [0.25, 0.3) is 0 Å². The molecule has 0 aliphatic rings. The van der Waals surface area contributed by atoms with Crippen LogP contribution in [0.3, 0.4) is 0 Å². The lowest BCUT2D eigenvalue weighted by Crippen LogP contribution is -2.07. The van der Waals surface area contributed by atoms with Gasteiger partial charge >= 0.3 is 6.18 Å². The van der Waals surface area contributed by atoms with Crippen molar-refractivity contribution in [3.05, 3.63) is 46.6 Å². The Balaban J connectivity index is 2.21. The van der Waals surface area contributed by atoms with Gasteiger partial charge in [0.1, 0.15) is 0 Å². The second kappa shape index (κ2) is 7.60. The van der Waals surface area contributed by atoms with Crippen LogP contribution in [0.4, 0.5) is 19.0 Å². The van der Waals surface area contributed by atoms with Crippen LogP contribution in [0.5, 0.6) is 11.5 Å². The van der Waals surface area contributed by atoms with Crippen LogP contribution in [-0.4, -0.2) is 24.9 Å². The van der Waals surface area contributed by atoms with Crippen LogP contribution in [0.15, 0.2) is 35.6 Å². The quantitative estimate of drug-likeness (QED) is 0.614. The minimum absolute atomic E-state index is 0.0227. The monoisotopic (exact) mass is 373 g/mol. The third kappa shape index (κ3) is 4.54. The summed E-state index contributed by atoms with van der Waals surface area (Å²) in [5, 5.41) is 3.91. The molecule has 0 unspecified atom stereocenters. The Morgan fingerprint density at radius 2 is 1.84 bits per heavy atom. The molecule has 0 spiro atoms. The van der Waals surface area contributed by atoms with E-state index in [4.69, 9.17) is 21.1 Å². The van der Waals surface area contributed by atoms with Crippen molar-refractivity contribution in [1.82, 2.24) is 4.98 Å². The van der Waals surface area contributed by atoms with Gasteiger partial charge < -0.3 is 9.47 Å². The van der Waals surface area contributed by atoms with Gasteiger partial charge in [-0.15, -0.1) is 0 Å². The van der Waals surface area contributed by atoms with Crippen molar-refractivity contribution >= 4 is 23.1 Å². The zero-order valence-electron chi connectivity index (χ0n) is 13.6. The van der Waals surface area contributed by atoms with E-state index < -0.39 is 11.7 Å². The van der Waals surface area contributed by atoms with Gasteiger partial charge in [0, 0.05) is 11.8 Å². The number of halogens is 4. The predicted molar refractivity (Wildman–Crippen MR) is 89.6 cm³/mol. The molecule has 0 aliphatic carbocycles. The summed E-state index contributed by atoms with van der Waals surface area (Å²) in [5.41, 5.74) is 2.92. The summed E-state index contributed by atoms with van der Waals surface area (Å²) >= 11 is 5.82. The molecule has 134 valence electrons. The van der Waals surface area contributed by atoms with E-state index in [0.29, 0.717) is 23.4 Å². The molecular weight excluding hydrogens is 359 g/mol. The predicted octanol–water partition coefficient (Wildman–Crippen LogP) is 4.61. The summed E-state index contributed by atoms with van der Waals surface area (Å²) in [7, 11) is 3.04. The Hall–Kier alpha value is -2.48. The summed E-state index contributed by atoms with van der Waals surface area (Å²) in [5.74, 6) is 1.12. The molecule has 1 aromatic carbocycles. The zero-order chi connectivity index (χ0) is 18.6. The number of ether oxygens (including phenoxy) is 2. The SMILES string of the molecule is COc1ccc(/C(C)=N\Nc2ncc(C(F)(F)F)cc2Cl)cc1OC. The number of anilines is 1. The number of methoxy groups -OCH3 is 2. The van der Waals surface area contributed by atoms with Crippen molar-refractivity contribution in [3.63, 3.8) is 0 Å². The summed E-state index contributed by atoms with van der Waals surface area (Å²) in [6.45, 7) is 1.71. The Kier molecular flexibility index (Phi) is 5.73. The maximum absolute atomic E-state index is 12.6. The van der Waals surface area contributed by atoms with Crippen LogP contribution in [-0.2, 0) is 6.18 Å². The summed E-state index contributed by atoms with van der Waals surface area (Å²) in [6.07, 6.45) is -3.82. The minimum atomic E-state index is -4.51. The maximum atomic E-state index is 12.6. The highest BCUT2D eigenvalue weighted by molar-refractivity contribution is 6.33. The molecule has 0 fully saturated rings. The smallest absolute Gasteiger partial charge is 0.417 e. The van der Waals surface area contributed by atoms with Crippen LogP contribution in [0.1, 0.15) is 18.1 Å². The summed E-state index contributed by atoms with van der Waals surface area (Å²) < 4.78 is 48.2. The number of pyridine rings is 1. The van der Waals surface area contributed by atoms with Gasteiger partial charge in [-0.2, -0.15) is 18.3 Å². The number of hydrazone groups is 1. The molecule has 0 saturated heterocycles. The van der Waals surface area contributed by atoms with Crippen LogP contribution in [0, 0.1) is 0 Å². The van der Waals surface area contributed by atoms with E-state index in [1.807, 2.05) is 0 Å². The Bertz CT molecular complexity index is 795. The van der Waals surface area contributed by atoms with E-state index >= 15 is 0 Å². The lowest BCUT2D eigenvalue weighted by atomic mass is 10.1. The molecule has 0 atom stereocenters. The van der Waals surface area contributed by atoms with E-state index in [1.54, 1.807) is 25.1 Å². The lowest BCUT2D eigenvalue weighted by Gasteiger charge is -2.10. The molecule has 5 nitrogen and oxygen atoms in total. The number of nitrogens with zero attached hydrogens (tertiary/aromatic N) is 2. The van der Waals surface area contributed by atoms with Crippen LogP contribution >= 0.6 is 11.6 Å². The molecule has 0 bridgehead atoms. The fourth-order valence-electron chi connectivity index (χ4n) is 1.94. The number of benzene rings is 1. The maximum Gasteiger partial charge on any atom is 0.417 e. The molecule has 25 heavy (non-hydrogen) atoms. The molecule has 0 amide bonds. The topological polar surface area (TPSA) is 55.7 Å². The minimum Gasteiger partial charge on any atom is -0.493 e. The molecule has 0 aliphatic heterocycles. The highest BCUT2D eigenvalue weighted by Crippen LogP contribution is 2.32. The first-order chi connectivity index (χ1) is 11.8. The molecular formula is C16H15ClF3N3O2. The first-order valence-electron chi connectivity index (χ1n) is 7.01. The van der Waals surface area contributed by atoms with Gasteiger partial charge in [0.25, 0.3) is 0 Å². The molecule has 9 heteroatoms. The molecule has 0 radical (unpaired) electrons. The van der Waals surface area contributed by atoms with Crippen molar-refractivity contribution in [1.29, 1.82) is 0 Å². The zero-order valence-corrected chi connectivity index (χ0v) is 14.4. The first kappa shape index (κ1) is 18.9. The van der Waals surface area contributed by atoms with E-state index in [9.17, 15) is 13.2 Å². The Labute approximate surface area is 147 Å². The van der Waals surface area contributed by atoms with E-state index in [0.717, 1.165) is 11.6 Å². The molecule has 1 heterocycles. The van der Waals surface area contributed by atoms with Crippen LogP contribution in [0.2, 0.25) is 5.02 Å². The first-order valence-corrected chi connectivity index (χ1v) is 7.39. The van der Waals surface area contributed by atoms with Gasteiger partial charge in [0.2, 0.25) is 0 Å². The van der Waals surface area contributed by atoms with Crippen molar-refractivity contribution in [2.24, 2.45) is 5.10 Å². The number of aromatic nitrogens is 1. The Morgan fingerprint density at radius 1 is 1.16 bits per heavy atom. The average Bonchev–Trinajstić information content (AvgIpc) is 2.58. The molecule has 0 saturated carbocycles. The highest BCUT2D eigenvalue weighted by atomic mass is 35.5. The van der Waals surface area contributed by atoms with Gasteiger partial charge in [-0.05, 0) is 31.2 Å². The van der Waals surface area contributed by atoms with E-state index in [-0.39, 0.29) is 10.8 Å². The summed E-state index contributed by atoms with van der Waals surface area (Å²) in [4.78, 5) is 3.66.